The van der Waals surface area contributed by atoms with E-state index in [1.807, 2.05) is 38.1 Å². The monoisotopic (exact) mass is 631 g/mol. The highest BCUT2D eigenvalue weighted by Gasteiger charge is 2.22. The molecule has 0 bridgehead atoms. The van der Waals surface area contributed by atoms with Gasteiger partial charge in [-0.1, -0.05) is 168 Å². The van der Waals surface area contributed by atoms with E-state index < -0.39 is 0 Å². The van der Waals surface area contributed by atoms with Gasteiger partial charge in [-0.15, -0.1) is 0 Å². The van der Waals surface area contributed by atoms with Gasteiger partial charge in [-0.3, -0.25) is 0 Å². The fourth-order valence-corrected chi connectivity index (χ4v) is 6.45. The third-order valence-electron chi connectivity index (χ3n) is 8.84. The van der Waals surface area contributed by atoms with Crippen molar-refractivity contribution in [1.82, 2.24) is 5.32 Å². The van der Waals surface area contributed by atoms with E-state index in [1.165, 1.54) is 60.8 Å². The highest BCUT2D eigenvalue weighted by Crippen LogP contribution is 2.45. The number of hydrogen-bond acceptors (Lipinski definition) is 1. The molecule has 48 heavy (non-hydrogen) atoms. The lowest BCUT2D eigenvalue weighted by Crippen LogP contribution is -2.16. The molecule has 1 unspecified atom stereocenters. The number of benzene rings is 6. The van der Waals surface area contributed by atoms with E-state index in [1.54, 1.807) is 0 Å². The van der Waals surface area contributed by atoms with Gasteiger partial charge in [0.15, 0.2) is 0 Å². The summed E-state index contributed by atoms with van der Waals surface area (Å²) in [5.41, 5.74) is 14.4. The number of hydrogen-bond donors (Lipinski definition) is 1. The van der Waals surface area contributed by atoms with Gasteiger partial charge >= 0.3 is 0 Å². The molecule has 0 radical (unpaired) electrons. The minimum atomic E-state index is 0.268. The van der Waals surface area contributed by atoms with Gasteiger partial charge in [-0.25, -0.2) is 0 Å². The minimum Gasteiger partial charge on any atom is -0.379 e. The summed E-state index contributed by atoms with van der Waals surface area (Å²) < 4.78 is 0. The zero-order valence-corrected chi connectivity index (χ0v) is 30.3. The van der Waals surface area contributed by atoms with Crippen molar-refractivity contribution in [2.75, 3.05) is 0 Å². The molecule has 0 fully saturated rings. The molecule has 0 saturated heterocycles. The van der Waals surface area contributed by atoms with Crippen LogP contribution in [0.4, 0.5) is 0 Å². The highest BCUT2D eigenvalue weighted by molar-refractivity contribution is 6.04. The molecule has 0 aliphatic carbocycles. The first-order valence-corrected chi connectivity index (χ1v) is 17.5. The Hall–Kier alpha value is -4.88. The summed E-state index contributed by atoms with van der Waals surface area (Å²) in [4.78, 5) is 0. The summed E-state index contributed by atoms with van der Waals surface area (Å²) in [6, 6.07) is 47.4. The Labute approximate surface area is 290 Å². The van der Waals surface area contributed by atoms with Crippen LogP contribution in [0.1, 0.15) is 74.0 Å². The van der Waals surface area contributed by atoms with Crippen LogP contribution >= 0.6 is 0 Å². The van der Waals surface area contributed by atoms with Gasteiger partial charge in [0, 0.05) is 11.7 Å². The summed E-state index contributed by atoms with van der Waals surface area (Å²) in [5, 5.41) is 6.19. The first kappa shape index (κ1) is 36.0. The molecule has 0 aromatic heterocycles. The van der Waals surface area contributed by atoms with Gasteiger partial charge in [0.05, 0.1) is 0 Å². The van der Waals surface area contributed by atoms with Gasteiger partial charge in [0.2, 0.25) is 0 Å². The second-order valence-electron chi connectivity index (χ2n) is 12.7. The average Bonchev–Trinajstić information content (AvgIpc) is 3.12. The topological polar surface area (TPSA) is 12.0 Å². The van der Waals surface area contributed by atoms with Gasteiger partial charge in [-0.2, -0.15) is 0 Å². The Morgan fingerprint density at radius 1 is 0.562 bits per heavy atom. The molecule has 1 atom stereocenters. The second-order valence-corrected chi connectivity index (χ2v) is 12.7. The quantitative estimate of drug-likeness (QED) is 0.176. The zero-order chi connectivity index (χ0) is 34.6. The largest absolute Gasteiger partial charge is 0.379 e. The highest BCUT2D eigenvalue weighted by atomic mass is 14.9. The molecular weight excluding hydrogens is 579 g/mol. The first-order valence-electron chi connectivity index (χ1n) is 17.5. The SMILES string of the molecule is C=C(NC(C)c1ccccc1)c1ccccc1.CC.Cc1ccccc1-c1c(-c2ccccc2C)c(CC(C)C)c2ccccc2c1C. The molecule has 0 saturated carbocycles. The van der Waals surface area contributed by atoms with Crippen molar-refractivity contribution in [3.05, 3.63) is 173 Å². The van der Waals surface area contributed by atoms with Crippen molar-refractivity contribution < 1.29 is 0 Å². The molecule has 0 heterocycles. The minimum absolute atomic E-state index is 0.268. The van der Waals surface area contributed by atoms with E-state index in [0.29, 0.717) is 5.92 Å². The molecule has 1 heteroatoms. The van der Waals surface area contributed by atoms with Crippen LogP contribution in [0.2, 0.25) is 0 Å². The Morgan fingerprint density at radius 2 is 1.02 bits per heavy atom. The number of nitrogens with one attached hydrogen (secondary N) is 1. The first-order chi connectivity index (χ1) is 23.3. The molecule has 6 rings (SSSR count). The van der Waals surface area contributed by atoms with Crippen LogP contribution < -0.4 is 5.32 Å². The van der Waals surface area contributed by atoms with Gasteiger partial charge in [0.25, 0.3) is 0 Å². The van der Waals surface area contributed by atoms with Crippen LogP contribution in [0.3, 0.4) is 0 Å². The van der Waals surface area contributed by atoms with Crippen molar-refractivity contribution in [1.29, 1.82) is 0 Å². The smallest absolute Gasteiger partial charge is 0.0485 e. The van der Waals surface area contributed by atoms with E-state index in [2.05, 4.69) is 163 Å². The molecule has 0 amide bonds. The Balaban J connectivity index is 0.000000233. The summed E-state index contributed by atoms with van der Waals surface area (Å²) in [6.45, 7) is 21.6. The fourth-order valence-electron chi connectivity index (χ4n) is 6.45. The molecule has 0 aliphatic heterocycles. The average molecular weight is 632 g/mol. The van der Waals surface area contributed by atoms with Crippen LogP contribution in [-0.2, 0) is 6.42 Å². The molecule has 246 valence electrons. The van der Waals surface area contributed by atoms with Crippen molar-refractivity contribution in [2.24, 2.45) is 5.92 Å². The molecule has 0 aliphatic rings. The summed E-state index contributed by atoms with van der Waals surface area (Å²) >= 11 is 0. The van der Waals surface area contributed by atoms with Gasteiger partial charge < -0.3 is 5.32 Å². The molecule has 6 aromatic carbocycles. The van der Waals surface area contributed by atoms with E-state index in [0.717, 1.165) is 17.7 Å². The Morgan fingerprint density at radius 3 is 1.56 bits per heavy atom. The maximum Gasteiger partial charge on any atom is 0.0485 e. The van der Waals surface area contributed by atoms with Gasteiger partial charge in [0.1, 0.15) is 0 Å². The van der Waals surface area contributed by atoms with Crippen LogP contribution in [-0.4, -0.2) is 0 Å². The van der Waals surface area contributed by atoms with Crippen LogP contribution in [0.25, 0.3) is 38.7 Å². The molecule has 6 aromatic rings. The number of fused-ring (bicyclic) bond motifs is 1. The number of aryl methyl sites for hydroxylation is 3. The maximum absolute atomic E-state index is 4.08. The van der Waals surface area contributed by atoms with Gasteiger partial charge in [-0.05, 0) is 106 Å². The Kier molecular flexibility index (Phi) is 13.0. The third kappa shape index (κ3) is 8.52. The summed E-state index contributed by atoms with van der Waals surface area (Å²) in [7, 11) is 0. The van der Waals surface area contributed by atoms with Crippen molar-refractivity contribution in [2.45, 2.75) is 67.9 Å². The molecule has 1 nitrogen and oxygen atoms in total. The lowest BCUT2D eigenvalue weighted by atomic mass is 9.79. The summed E-state index contributed by atoms with van der Waals surface area (Å²) in [5.74, 6) is 0.591. The number of rotatable bonds is 8. The van der Waals surface area contributed by atoms with Crippen molar-refractivity contribution >= 4 is 16.5 Å². The predicted molar refractivity (Wildman–Crippen MR) is 212 cm³/mol. The standard InChI is InChI=1S/C29H30.C16H17N.C2H6/c1-19(2)18-27-26-17-11-10-16-25(26)22(5)28(23-14-8-6-12-20(23)3)29(27)24-15-9-7-13-21(24)4;1-13(15-9-5-3-6-10-15)17-14(2)16-11-7-4-8-12-16;1-2/h6-17,19H,18H2,1-5H3;3-12,14,17H,1H2,2H3;1-2H3. The van der Waals surface area contributed by atoms with E-state index >= 15 is 0 Å². The van der Waals surface area contributed by atoms with E-state index in [4.69, 9.17) is 0 Å². The van der Waals surface area contributed by atoms with Crippen molar-refractivity contribution in [3.8, 4) is 22.3 Å². The lowest BCUT2D eigenvalue weighted by molar-refractivity contribution is 0.651. The van der Waals surface area contributed by atoms with E-state index in [-0.39, 0.29) is 6.04 Å². The van der Waals surface area contributed by atoms with Crippen molar-refractivity contribution in [3.63, 3.8) is 0 Å². The third-order valence-corrected chi connectivity index (χ3v) is 8.84. The predicted octanol–water partition coefficient (Wildman–Crippen LogP) is 13.3. The van der Waals surface area contributed by atoms with E-state index in [9.17, 15) is 0 Å². The lowest BCUT2D eigenvalue weighted by Gasteiger charge is -2.24. The second kappa shape index (κ2) is 17.3. The maximum atomic E-state index is 4.08. The van der Waals surface area contributed by atoms with Crippen LogP contribution in [0, 0.1) is 26.7 Å². The summed E-state index contributed by atoms with van der Waals surface area (Å²) in [6.07, 6.45) is 1.07. The molecular formula is C47H53N. The molecule has 1 N–H and O–H groups in total. The zero-order valence-electron chi connectivity index (χ0n) is 30.3. The normalized spacial score (nSPS) is 11.2. The van der Waals surface area contributed by atoms with Crippen LogP contribution in [0.15, 0.2) is 140 Å². The fraction of sp³-hybridized carbons (Fsp3) is 0.234. The van der Waals surface area contributed by atoms with Crippen LogP contribution in [0.5, 0.6) is 0 Å². The molecule has 0 spiro atoms. The Bertz CT molecular complexity index is 1910.